The third-order valence-corrected chi connectivity index (χ3v) is 5.02. The quantitative estimate of drug-likeness (QED) is 0.587. The van der Waals surface area contributed by atoms with Gasteiger partial charge in [0.25, 0.3) is 5.91 Å². The number of anilines is 1. The molecular formula is C21H15Cl2N3O. The van der Waals surface area contributed by atoms with Crippen LogP contribution in [-0.2, 0) is 0 Å². The molecule has 3 aromatic carbocycles. The first-order valence-corrected chi connectivity index (χ1v) is 9.13. The number of hydrogen-bond acceptors (Lipinski definition) is 3. The summed E-state index contributed by atoms with van der Waals surface area (Å²) < 4.78 is 0. The molecule has 0 spiro atoms. The molecule has 4 rings (SSSR count). The third kappa shape index (κ3) is 3.42. The van der Waals surface area contributed by atoms with E-state index in [1.807, 2.05) is 54.6 Å². The van der Waals surface area contributed by atoms with Crippen molar-refractivity contribution in [3.63, 3.8) is 0 Å². The zero-order valence-electron chi connectivity index (χ0n) is 14.1. The Morgan fingerprint density at radius 1 is 0.889 bits per heavy atom. The van der Waals surface area contributed by atoms with Gasteiger partial charge in [0, 0.05) is 26.9 Å². The topological polar surface area (TPSA) is 44.7 Å². The Bertz CT molecular complexity index is 1040. The van der Waals surface area contributed by atoms with Crippen molar-refractivity contribution in [2.45, 2.75) is 6.17 Å². The number of halogens is 2. The van der Waals surface area contributed by atoms with Crippen LogP contribution in [0.4, 0.5) is 5.69 Å². The summed E-state index contributed by atoms with van der Waals surface area (Å²) in [7, 11) is 0. The molecule has 1 heterocycles. The van der Waals surface area contributed by atoms with E-state index in [0.717, 1.165) is 16.8 Å². The minimum atomic E-state index is -0.528. The molecule has 0 saturated carbocycles. The van der Waals surface area contributed by atoms with Gasteiger partial charge < -0.3 is 5.32 Å². The Hall–Kier alpha value is -2.82. The highest BCUT2D eigenvalue weighted by atomic mass is 35.5. The average Bonchev–Trinajstić information content (AvgIpc) is 2.69. The predicted molar refractivity (Wildman–Crippen MR) is 109 cm³/mol. The number of carbonyl (C=O) groups excluding carboxylic acids is 1. The van der Waals surface area contributed by atoms with Gasteiger partial charge in [-0.2, -0.15) is 5.10 Å². The number of para-hydroxylation sites is 1. The minimum absolute atomic E-state index is 0.211. The maximum absolute atomic E-state index is 13.1. The number of hydrazone groups is 1. The summed E-state index contributed by atoms with van der Waals surface area (Å²) in [5.41, 5.74) is 2.79. The molecule has 3 aromatic rings. The average molecular weight is 396 g/mol. The summed E-state index contributed by atoms with van der Waals surface area (Å²) >= 11 is 12.6. The van der Waals surface area contributed by atoms with Gasteiger partial charge >= 0.3 is 0 Å². The van der Waals surface area contributed by atoms with E-state index in [4.69, 9.17) is 23.2 Å². The van der Waals surface area contributed by atoms with E-state index >= 15 is 0 Å². The molecule has 1 unspecified atom stereocenters. The molecule has 1 N–H and O–H groups in total. The van der Waals surface area contributed by atoms with Crippen LogP contribution in [-0.4, -0.2) is 17.1 Å². The smallest absolute Gasteiger partial charge is 0.278 e. The molecule has 0 fully saturated rings. The normalized spacial score (nSPS) is 16.3. The maximum Gasteiger partial charge on any atom is 0.278 e. The monoisotopic (exact) mass is 395 g/mol. The number of amides is 1. The highest BCUT2D eigenvalue weighted by molar-refractivity contribution is 6.33. The van der Waals surface area contributed by atoms with Gasteiger partial charge in [0.2, 0.25) is 0 Å². The Morgan fingerprint density at radius 3 is 2.33 bits per heavy atom. The van der Waals surface area contributed by atoms with Crippen LogP contribution >= 0.6 is 23.2 Å². The molecule has 1 aliphatic rings. The van der Waals surface area contributed by atoms with Gasteiger partial charge in [-0.3, -0.25) is 4.79 Å². The van der Waals surface area contributed by atoms with Crippen molar-refractivity contribution in [3.05, 3.63) is 99.5 Å². The van der Waals surface area contributed by atoms with E-state index in [9.17, 15) is 4.79 Å². The molecule has 0 radical (unpaired) electrons. The summed E-state index contributed by atoms with van der Waals surface area (Å²) in [5.74, 6) is -0.211. The Balaban J connectivity index is 1.79. The Labute approximate surface area is 167 Å². The number of nitrogens with zero attached hydrogens (tertiary/aromatic N) is 2. The van der Waals surface area contributed by atoms with Gasteiger partial charge in [0.1, 0.15) is 0 Å². The number of carbonyl (C=O) groups is 1. The summed E-state index contributed by atoms with van der Waals surface area (Å²) in [6, 6.07) is 22.1. The van der Waals surface area contributed by atoms with Crippen molar-refractivity contribution >= 4 is 41.0 Å². The summed E-state index contributed by atoms with van der Waals surface area (Å²) in [6.45, 7) is 0. The van der Waals surface area contributed by atoms with Crippen LogP contribution in [0.1, 0.15) is 27.7 Å². The van der Waals surface area contributed by atoms with E-state index in [1.54, 1.807) is 24.4 Å². The maximum atomic E-state index is 13.1. The van der Waals surface area contributed by atoms with Crippen LogP contribution in [0.15, 0.2) is 77.9 Å². The molecule has 6 heteroatoms. The highest BCUT2D eigenvalue weighted by Gasteiger charge is 2.33. The number of rotatable bonds is 3. The largest absolute Gasteiger partial charge is 0.359 e. The van der Waals surface area contributed by atoms with Crippen molar-refractivity contribution < 1.29 is 4.79 Å². The Kier molecular flexibility index (Phi) is 4.84. The van der Waals surface area contributed by atoms with E-state index in [0.29, 0.717) is 15.6 Å². The lowest BCUT2D eigenvalue weighted by Crippen LogP contribution is -2.39. The molecule has 4 nitrogen and oxygen atoms in total. The highest BCUT2D eigenvalue weighted by Crippen LogP contribution is 2.35. The van der Waals surface area contributed by atoms with Crippen LogP contribution in [0, 0.1) is 0 Å². The molecule has 27 heavy (non-hydrogen) atoms. The number of nitrogens with one attached hydrogen (secondary N) is 1. The fraction of sp³-hybridized carbons (Fsp3) is 0.0476. The van der Waals surface area contributed by atoms with Crippen LogP contribution in [0.2, 0.25) is 10.0 Å². The molecule has 0 bridgehead atoms. The number of fused-ring (bicyclic) bond motifs is 1. The first-order chi connectivity index (χ1) is 13.1. The number of hydrogen-bond donors (Lipinski definition) is 1. The van der Waals surface area contributed by atoms with Crippen molar-refractivity contribution in [3.8, 4) is 0 Å². The lowest BCUT2D eigenvalue weighted by atomic mass is 10.1. The Morgan fingerprint density at radius 2 is 1.56 bits per heavy atom. The SMILES string of the molecule is O=C1c2ccccc2NC(c2ccccc2Cl)N1N=Cc1ccccc1Cl. The fourth-order valence-electron chi connectivity index (χ4n) is 2.97. The van der Waals surface area contributed by atoms with E-state index in [2.05, 4.69) is 10.4 Å². The van der Waals surface area contributed by atoms with Crippen molar-refractivity contribution in [2.24, 2.45) is 5.10 Å². The first-order valence-electron chi connectivity index (χ1n) is 8.37. The van der Waals surface area contributed by atoms with E-state index < -0.39 is 6.17 Å². The van der Waals surface area contributed by atoms with Crippen LogP contribution in [0.25, 0.3) is 0 Å². The van der Waals surface area contributed by atoms with Gasteiger partial charge in [-0.1, -0.05) is 71.7 Å². The third-order valence-electron chi connectivity index (χ3n) is 4.33. The van der Waals surface area contributed by atoms with Crippen LogP contribution < -0.4 is 5.32 Å². The van der Waals surface area contributed by atoms with E-state index in [1.165, 1.54) is 5.01 Å². The lowest BCUT2D eigenvalue weighted by Gasteiger charge is -2.35. The molecule has 0 aromatic heterocycles. The molecule has 134 valence electrons. The van der Waals surface area contributed by atoms with Crippen LogP contribution in [0.3, 0.4) is 0 Å². The number of benzene rings is 3. The van der Waals surface area contributed by atoms with Gasteiger partial charge in [-0.05, 0) is 24.3 Å². The van der Waals surface area contributed by atoms with Gasteiger partial charge in [0.15, 0.2) is 6.17 Å². The van der Waals surface area contributed by atoms with E-state index in [-0.39, 0.29) is 5.91 Å². The van der Waals surface area contributed by atoms with Crippen molar-refractivity contribution in [2.75, 3.05) is 5.32 Å². The van der Waals surface area contributed by atoms with Crippen molar-refractivity contribution in [1.29, 1.82) is 0 Å². The van der Waals surface area contributed by atoms with Gasteiger partial charge in [-0.25, -0.2) is 5.01 Å². The van der Waals surface area contributed by atoms with Crippen molar-refractivity contribution in [1.82, 2.24) is 5.01 Å². The molecule has 1 atom stereocenters. The standard InChI is InChI=1S/C21H15Cl2N3O/c22-17-10-4-1-7-14(17)13-24-26-20(15-8-2-5-11-18(15)23)25-19-12-6-3-9-16(19)21(26)27/h1-13,20,25H. The second-order valence-electron chi connectivity index (χ2n) is 6.03. The van der Waals surface area contributed by atoms with Gasteiger partial charge in [-0.15, -0.1) is 0 Å². The molecule has 0 aliphatic carbocycles. The second-order valence-corrected chi connectivity index (χ2v) is 6.84. The zero-order valence-corrected chi connectivity index (χ0v) is 15.7. The summed E-state index contributed by atoms with van der Waals surface area (Å²) in [5, 5.41) is 10.3. The molecule has 0 saturated heterocycles. The van der Waals surface area contributed by atoms with Gasteiger partial charge in [0.05, 0.1) is 11.8 Å². The molecule has 1 amide bonds. The summed E-state index contributed by atoms with van der Waals surface area (Å²) in [6.07, 6.45) is 1.06. The lowest BCUT2D eigenvalue weighted by molar-refractivity contribution is 0.0691. The first kappa shape index (κ1) is 17.6. The second kappa shape index (κ2) is 7.43. The predicted octanol–water partition coefficient (Wildman–Crippen LogP) is 5.59. The zero-order chi connectivity index (χ0) is 18.8. The minimum Gasteiger partial charge on any atom is -0.359 e. The fourth-order valence-corrected chi connectivity index (χ4v) is 3.40. The van der Waals surface area contributed by atoms with Crippen LogP contribution in [0.5, 0.6) is 0 Å². The summed E-state index contributed by atoms with van der Waals surface area (Å²) in [4.78, 5) is 13.1. The molecular weight excluding hydrogens is 381 g/mol. The molecule has 1 aliphatic heterocycles.